The highest BCUT2D eigenvalue weighted by Crippen LogP contribution is 2.35. The van der Waals surface area contributed by atoms with Gasteiger partial charge in [-0.15, -0.1) is 0 Å². The van der Waals surface area contributed by atoms with Crippen molar-refractivity contribution in [2.45, 2.75) is 25.3 Å². The molecular weight excluding hydrogens is 246 g/mol. The van der Waals surface area contributed by atoms with Gasteiger partial charge in [0.2, 0.25) is 0 Å². The van der Waals surface area contributed by atoms with Crippen LogP contribution in [0.25, 0.3) is 0 Å². The molecule has 1 aromatic rings. The van der Waals surface area contributed by atoms with Crippen LogP contribution < -0.4 is 5.32 Å². The Hall–Kier alpha value is -1.00. The number of benzene rings is 1. The van der Waals surface area contributed by atoms with Gasteiger partial charge in [0.25, 0.3) is 0 Å². The first kappa shape index (κ1) is 14.4. The van der Waals surface area contributed by atoms with E-state index in [1.807, 2.05) is 14.1 Å². The van der Waals surface area contributed by atoms with Crippen molar-refractivity contribution >= 4 is 0 Å². The molecule has 0 spiro atoms. The van der Waals surface area contributed by atoms with Gasteiger partial charge in [-0.1, -0.05) is 12.5 Å². The molecule has 0 aliphatic carbocycles. The fourth-order valence-electron chi connectivity index (χ4n) is 3.13. The predicted molar refractivity (Wildman–Crippen MR) is 73.0 cm³/mol. The number of hydrogen-bond donors (Lipinski definition) is 1. The molecule has 0 saturated carbocycles. The Morgan fingerprint density at radius 1 is 1.32 bits per heavy atom. The van der Waals surface area contributed by atoms with Crippen LogP contribution in [-0.4, -0.2) is 32.1 Å². The van der Waals surface area contributed by atoms with Gasteiger partial charge < -0.3 is 5.32 Å². The quantitative estimate of drug-likeness (QED) is 0.906. The highest BCUT2D eigenvalue weighted by molar-refractivity contribution is 5.23. The minimum Gasteiger partial charge on any atom is -0.319 e. The third kappa shape index (κ3) is 3.31. The maximum Gasteiger partial charge on any atom is 0.130 e. The van der Waals surface area contributed by atoms with Gasteiger partial charge in [0.1, 0.15) is 11.6 Å². The Balaban J connectivity index is 2.34. The van der Waals surface area contributed by atoms with E-state index in [9.17, 15) is 8.78 Å². The van der Waals surface area contributed by atoms with Crippen LogP contribution in [0.2, 0.25) is 0 Å². The van der Waals surface area contributed by atoms with Crippen LogP contribution in [-0.2, 0) is 0 Å². The summed E-state index contributed by atoms with van der Waals surface area (Å²) in [5.74, 6) is -0.583. The van der Waals surface area contributed by atoms with Crippen molar-refractivity contribution in [2.75, 3.05) is 27.2 Å². The molecule has 19 heavy (non-hydrogen) atoms. The zero-order chi connectivity index (χ0) is 13.8. The average Bonchev–Trinajstić information content (AvgIpc) is 2.53. The first-order chi connectivity index (χ1) is 9.13. The van der Waals surface area contributed by atoms with Gasteiger partial charge >= 0.3 is 0 Å². The third-order valence-corrected chi connectivity index (χ3v) is 4.00. The van der Waals surface area contributed by atoms with E-state index < -0.39 is 11.6 Å². The van der Waals surface area contributed by atoms with E-state index in [1.54, 1.807) is 6.07 Å². The number of hydrogen-bond acceptors (Lipinski definition) is 2. The second-order valence-corrected chi connectivity index (χ2v) is 5.40. The first-order valence-corrected chi connectivity index (χ1v) is 6.93. The molecule has 4 heteroatoms. The van der Waals surface area contributed by atoms with Gasteiger partial charge in [0.15, 0.2) is 0 Å². The van der Waals surface area contributed by atoms with Gasteiger partial charge in [-0.25, -0.2) is 8.78 Å². The SMILES string of the molecule is CNCC1CCCCN(C)C1c1ccc(F)cc1F. The molecule has 106 valence electrons. The fourth-order valence-corrected chi connectivity index (χ4v) is 3.13. The van der Waals surface area contributed by atoms with E-state index in [0.29, 0.717) is 11.5 Å². The Kier molecular flexibility index (Phi) is 4.88. The Morgan fingerprint density at radius 2 is 2.11 bits per heavy atom. The van der Waals surface area contributed by atoms with Gasteiger partial charge in [-0.05, 0) is 52.0 Å². The van der Waals surface area contributed by atoms with Crippen LogP contribution in [0.3, 0.4) is 0 Å². The summed E-state index contributed by atoms with van der Waals surface area (Å²) in [5, 5.41) is 3.19. The van der Waals surface area contributed by atoms with E-state index in [2.05, 4.69) is 10.2 Å². The molecule has 0 bridgehead atoms. The van der Waals surface area contributed by atoms with Crippen LogP contribution in [0.1, 0.15) is 30.9 Å². The normalized spacial score (nSPS) is 25.3. The van der Waals surface area contributed by atoms with E-state index >= 15 is 0 Å². The van der Waals surface area contributed by atoms with Crippen molar-refractivity contribution in [3.05, 3.63) is 35.4 Å². The van der Waals surface area contributed by atoms with Crippen LogP contribution in [0.5, 0.6) is 0 Å². The Morgan fingerprint density at radius 3 is 2.79 bits per heavy atom. The smallest absolute Gasteiger partial charge is 0.130 e. The molecule has 0 radical (unpaired) electrons. The fraction of sp³-hybridized carbons (Fsp3) is 0.600. The summed E-state index contributed by atoms with van der Waals surface area (Å²) in [7, 11) is 3.95. The molecule has 2 nitrogen and oxygen atoms in total. The molecule has 2 unspecified atom stereocenters. The summed E-state index contributed by atoms with van der Waals surface area (Å²) in [6.07, 6.45) is 3.37. The van der Waals surface area contributed by atoms with Crippen LogP contribution in [0.15, 0.2) is 18.2 Å². The minimum absolute atomic E-state index is 0.0237. The number of halogens is 2. The number of likely N-dealkylation sites (tertiary alicyclic amines) is 1. The van der Waals surface area contributed by atoms with Crippen molar-refractivity contribution in [3.63, 3.8) is 0 Å². The third-order valence-electron chi connectivity index (χ3n) is 4.00. The summed E-state index contributed by atoms with van der Waals surface area (Å²) >= 11 is 0. The summed E-state index contributed by atoms with van der Waals surface area (Å²) in [4.78, 5) is 2.20. The van der Waals surface area contributed by atoms with Crippen molar-refractivity contribution in [1.82, 2.24) is 10.2 Å². The zero-order valence-electron chi connectivity index (χ0n) is 11.6. The van der Waals surface area contributed by atoms with Crippen molar-refractivity contribution in [1.29, 1.82) is 0 Å². The highest BCUT2D eigenvalue weighted by atomic mass is 19.1. The molecule has 1 heterocycles. The van der Waals surface area contributed by atoms with Gasteiger partial charge in [-0.2, -0.15) is 0 Å². The zero-order valence-corrected chi connectivity index (χ0v) is 11.6. The molecule has 2 atom stereocenters. The van der Waals surface area contributed by atoms with E-state index in [-0.39, 0.29) is 6.04 Å². The topological polar surface area (TPSA) is 15.3 Å². The van der Waals surface area contributed by atoms with Crippen molar-refractivity contribution < 1.29 is 8.78 Å². The molecule has 1 N–H and O–H groups in total. The molecule has 1 fully saturated rings. The molecule has 1 aliphatic rings. The monoisotopic (exact) mass is 268 g/mol. The van der Waals surface area contributed by atoms with E-state index in [0.717, 1.165) is 38.4 Å². The molecular formula is C15H22F2N2. The molecule has 1 saturated heterocycles. The van der Waals surface area contributed by atoms with Gasteiger partial charge in [0.05, 0.1) is 0 Å². The standard InChI is InChI=1S/C15H22F2N2/c1-18-10-11-5-3-4-8-19(2)15(11)13-7-6-12(16)9-14(13)17/h6-7,9,11,15,18H,3-5,8,10H2,1-2H3. The lowest BCUT2D eigenvalue weighted by molar-refractivity contribution is 0.186. The average molecular weight is 268 g/mol. The largest absolute Gasteiger partial charge is 0.319 e. The second-order valence-electron chi connectivity index (χ2n) is 5.40. The number of rotatable bonds is 3. The van der Waals surface area contributed by atoms with Crippen LogP contribution in [0.4, 0.5) is 8.78 Å². The van der Waals surface area contributed by atoms with Crippen LogP contribution >= 0.6 is 0 Å². The summed E-state index contributed by atoms with van der Waals surface area (Å²) < 4.78 is 27.1. The van der Waals surface area contributed by atoms with E-state index in [4.69, 9.17) is 0 Å². The minimum atomic E-state index is -0.511. The lowest BCUT2D eigenvalue weighted by Crippen LogP contribution is -2.34. The number of nitrogens with zero attached hydrogens (tertiary/aromatic N) is 1. The Bertz CT molecular complexity index is 423. The van der Waals surface area contributed by atoms with Gasteiger partial charge in [0, 0.05) is 17.7 Å². The van der Waals surface area contributed by atoms with Gasteiger partial charge in [-0.3, -0.25) is 4.90 Å². The summed E-state index contributed by atoms with van der Waals surface area (Å²) in [6, 6.07) is 3.97. The second kappa shape index (κ2) is 6.44. The van der Waals surface area contributed by atoms with Crippen molar-refractivity contribution in [2.24, 2.45) is 5.92 Å². The summed E-state index contributed by atoms with van der Waals surface area (Å²) in [6.45, 7) is 1.81. The van der Waals surface area contributed by atoms with E-state index in [1.165, 1.54) is 6.07 Å². The maximum absolute atomic E-state index is 14.1. The van der Waals surface area contributed by atoms with Crippen LogP contribution in [0, 0.1) is 17.6 Å². The lowest BCUT2D eigenvalue weighted by atomic mass is 9.89. The number of nitrogens with one attached hydrogen (secondary N) is 1. The lowest BCUT2D eigenvalue weighted by Gasteiger charge is -2.33. The predicted octanol–water partition coefficient (Wildman–Crippen LogP) is 2.96. The molecule has 0 amide bonds. The molecule has 1 aromatic carbocycles. The first-order valence-electron chi connectivity index (χ1n) is 6.93. The maximum atomic E-state index is 14.1. The Labute approximate surface area is 113 Å². The van der Waals surface area contributed by atoms with Crippen molar-refractivity contribution in [3.8, 4) is 0 Å². The highest BCUT2D eigenvalue weighted by Gasteiger charge is 2.30. The molecule has 2 rings (SSSR count). The summed E-state index contributed by atoms with van der Waals surface area (Å²) in [5.41, 5.74) is 0.617. The molecule has 1 aliphatic heterocycles. The molecule has 0 aromatic heterocycles.